The van der Waals surface area contributed by atoms with Crippen molar-refractivity contribution in [3.8, 4) is 5.75 Å². The molecule has 0 atom stereocenters. The van der Waals surface area contributed by atoms with Gasteiger partial charge in [-0.2, -0.15) is 0 Å². The Hall–Kier alpha value is -0.570. The molecule has 0 bridgehead atoms. The predicted molar refractivity (Wildman–Crippen MR) is 39.5 cm³/mol. The van der Waals surface area contributed by atoms with Gasteiger partial charge in [-0.15, -0.1) is 0 Å². The third-order valence-corrected chi connectivity index (χ3v) is 1.65. The molecule has 0 amide bonds. The van der Waals surface area contributed by atoms with Crippen molar-refractivity contribution in [3.05, 3.63) is 28.5 Å². The molecule has 1 aromatic rings. The highest BCUT2D eigenvalue weighted by atomic mass is 79.9. The molecule has 0 aliphatic heterocycles. The number of methoxy groups -OCH3 is 1. The zero-order chi connectivity index (χ0) is 7.56. The quantitative estimate of drug-likeness (QED) is 0.682. The molecular weight excluding hydrogens is 199 g/mol. The van der Waals surface area contributed by atoms with Crippen molar-refractivity contribution in [1.29, 1.82) is 0 Å². The summed E-state index contributed by atoms with van der Waals surface area (Å²) in [6.07, 6.45) is 0. The first-order valence-electron chi connectivity index (χ1n) is 2.65. The molecule has 0 aliphatic rings. The van der Waals surface area contributed by atoms with Crippen molar-refractivity contribution >= 4 is 15.9 Å². The predicted octanol–water partition coefficient (Wildman–Crippen LogP) is 2.40. The Balaban J connectivity index is 3.04. The van der Waals surface area contributed by atoms with Gasteiger partial charge in [0.25, 0.3) is 0 Å². The van der Waals surface area contributed by atoms with Crippen LogP contribution in [0.15, 0.2) is 16.6 Å². The van der Waals surface area contributed by atoms with Crippen LogP contribution in [0.2, 0.25) is 0 Å². The van der Waals surface area contributed by atoms with Gasteiger partial charge in [0.15, 0.2) is 0 Å². The summed E-state index contributed by atoms with van der Waals surface area (Å²) >= 11 is 3.01. The van der Waals surface area contributed by atoms with Gasteiger partial charge in [-0.3, -0.25) is 0 Å². The van der Waals surface area contributed by atoms with E-state index in [9.17, 15) is 4.39 Å². The maximum atomic E-state index is 12.5. The van der Waals surface area contributed by atoms with E-state index in [-0.39, 0.29) is 5.82 Å². The molecule has 0 saturated heterocycles. The number of halogens is 2. The molecular formula is C7H5BrFO. The summed E-state index contributed by atoms with van der Waals surface area (Å²) < 4.78 is 17.7. The first kappa shape index (κ1) is 7.54. The first-order chi connectivity index (χ1) is 4.74. The fraction of sp³-hybridized carbons (Fsp3) is 0.143. The SMILES string of the molecule is COc1[c]cc(F)c(Br)c1. The number of hydrogen-bond acceptors (Lipinski definition) is 1. The lowest BCUT2D eigenvalue weighted by Crippen LogP contribution is -1.83. The molecule has 1 rings (SSSR count). The minimum absolute atomic E-state index is 0.333. The maximum Gasteiger partial charge on any atom is 0.138 e. The maximum absolute atomic E-state index is 12.5. The molecule has 0 N–H and O–H groups in total. The molecule has 0 spiro atoms. The lowest BCUT2D eigenvalue weighted by atomic mass is 10.3. The van der Waals surface area contributed by atoms with E-state index in [0.717, 1.165) is 0 Å². The molecule has 1 nitrogen and oxygen atoms in total. The van der Waals surface area contributed by atoms with Crippen molar-refractivity contribution in [2.24, 2.45) is 0 Å². The van der Waals surface area contributed by atoms with Crippen LogP contribution in [0.3, 0.4) is 0 Å². The summed E-state index contributed by atoms with van der Waals surface area (Å²) in [7, 11) is 1.51. The Bertz CT molecular complexity index is 237. The number of hydrogen-bond donors (Lipinski definition) is 0. The van der Waals surface area contributed by atoms with Crippen molar-refractivity contribution < 1.29 is 9.13 Å². The van der Waals surface area contributed by atoms with E-state index < -0.39 is 0 Å². The van der Waals surface area contributed by atoms with Gasteiger partial charge in [0, 0.05) is 6.07 Å². The third kappa shape index (κ3) is 1.48. The van der Waals surface area contributed by atoms with Crippen LogP contribution in [0, 0.1) is 11.9 Å². The van der Waals surface area contributed by atoms with E-state index in [1.807, 2.05) is 0 Å². The number of rotatable bonds is 1. The zero-order valence-corrected chi connectivity index (χ0v) is 6.90. The van der Waals surface area contributed by atoms with Crippen molar-refractivity contribution in [2.45, 2.75) is 0 Å². The Kier molecular flexibility index (Phi) is 2.27. The molecule has 10 heavy (non-hydrogen) atoms. The highest BCUT2D eigenvalue weighted by Crippen LogP contribution is 2.20. The molecule has 0 heterocycles. The lowest BCUT2D eigenvalue weighted by molar-refractivity contribution is 0.412. The van der Waals surface area contributed by atoms with E-state index in [2.05, 4.69) is 22.0 Å². The summed E-state index contributed by atoms with van der Waals surface area (Å²) in [4.78, 5) is 0. The van der Waals surface area contributed by atoms with Crippen LogP contribution in [0.1, 0.15) is 0 Å². The van der Waals surface area contributed by atoms with E-state index in [4.69, 9.17) is 4.74 Å². The molecule has 0 aromatic heterocycles. The minimum Gasteiger partial charge on any atom is -0.496 e. The van der Waals surface area contributed by atoms with Gasteiger partial charge >= 0.3 is 0 Å². The van der Waals surface area contributed by atoms with Gasteiger partial charge in [-0.05, 0) is 28.1 Å². The van der Waals surface area contributed by atoms with Crippen LogP contribution in [0.25, 0.3) is 0 Å². The normalized spacial score (nSPS) is 9.50. The summed E-state index contributed by atoms with van der Waals surface area (Å²) in [6.45, 7) is 0. The fourth-order valence-electron chi connectivity index (χ4n) is 0.547. The van der Waals surface area contributed by atoms with Crippen molar-refractivity contribution in [3.63, 3.8) is 0 Å². The molecule has 0 unspecified atom stereocenters. The van der Waals surface area contributed by atoms with Crippen LogP contribution >= 0.6 is 15.9 Å². The van der Waals surface area contributed by atoms with E-state index >= 15 is 0 Å². The van der Waals surface area contributed by atoms with Gasteiger partial charge in [0.05, 0.1) is 11.6 Å². The average molecular weight is 204 g/mol. The second kappa shape index (κ2) is 3.01. The largest absolute Gasteiger partial charge is 0.496 e. The molecule has 0 fully saturated rings. The van der Waals surface area contributed by atoms with Gasteiger partial charge in [0.1, 0.15) is 11.6 Å². The summed E-state index contributed by atoms with van der Waals surface area (Å²) in [5, 5.41) is 0. The molecule has 0 aliphatic carbocycles. The monoisotopic (exact) mass is 203 g/mol. The second-order valence-corrected chi connectivity index (χ2v) is 2.55. The van der Waals surface area contributed by atoms with Crippen LogP contribution in [-0.4, -0.2) is 7.11 Å². The second-order valence-electron chi connectivity index (χ2n) is 1.70. The molecule has 3 heteroatoms. The molecule has 53 valence electrons. The van der Waals surface area contributed by atoms with Crippen LogP contribution in [0.5, 0.6) is 5.75 Å². The van der Waals surface area contributed by atoms with Crippen LogP contribution in [0.4, 0.5) is 4.39 Å². The Labute approximate surface area is 66.9 Å². The van der Waals surface area contributed by atoms with Gasteiger partial charge < -0.3 is 4.74 Å². The van der Waals surface area contributed by atoms with E-state index in [0.29, 0.717) is 10.2 Å². The standard InChI is InChI=1S/C7H5BrFO/c1-10-5-2-3-7(9)6(8)4-5/h3-4H,1H3. The summed E-state index contributed by atoms with van der Waals surface area (Å²) in [5.74, 6) is 0.189. The smallest absolute Gasteiger partial charge is 0.138 e. The molecule has 0 saturated carbocycles. The van der Waals surface area contributed by atoms with Crippen molar-refractivity contribution in [1.82, 2.24) is 0 Å². The van der Waals surface area contributed by atoms with Gasteiger partial charge in [0.2, 0.25) is 0 Å². The molecule has 1 aromatic carbocycles. The highest BCUT2D eigenvalue weighted by molar-refractivity contribution is 9.10. The minimum atomic E-state index is -0.333. The molecule has 1 radical (unpaired) electrons. The average Bonchev–Trinajstić information content (AvgIpc) is 1.95. The van der Waals surface area contributed by atoms with Gasteiger partial charge in [-0.25, -0.2) is 4.39 Å². The first-order valence-corrected chi connectivity index (χ1v) is 3.44. The topological polar surface area (TPSA) is 9.23 Å². The summed E-state index contributed by atoms with van der Waals surface area (Å²) in [5.41, 5.74) is 0. The summed E-state index contributed by atoms with van der Waals surface area (Å²) in [6, 6.07) is 5.35. The van der Waals surface area contributed by atoms with Crippen LogP contribution < -0.4 is 4.74 Å². The third-order valence-electron chi connectivity index (χ3n) is 1.05. The lowest BCUT2D eigenvalue weighted by Gasteiger charge is -1.98. The number of ether oxygens (including phenoxy) is 1. The highest BCUT2D eigenvalue weighted by Gasteiger charge is 1.98. The number of benzene rings is 1. The van der Waals surface area contributed by atoms with Crippen LogP contribution in [-0.2, 0) is 0 Å². The van der Waals surface area contributed by atoms with Crippen molar-refractivity contribution in [2.75, 3.05) is 7.11 Å². The Morgan fingerprint density at radius 1 is 1.70 bits per heavy atom. The van der Waals surface area contributed by atoms with E-state index in [1.54, 1.807) is 0 Å². The zero-order valence-electron chi connectivity index (χ0n) is 5.32. The fourth-order valence-corrected chi connectivity index (χ4v) is 0.869. The van der Waals surface area contributed by atoms with E-state index in [1.165, 1.54) is 19.2 Å². The van der Waals surface area contributed by atoms with Gasteiger partial charge in [-0.1, -0.05) is 0 Å². The Morgan fingerprint density at radius 2 is 2.40 bits per heavy atom. The Morgan fingerprint density at radius 3 is 2.90 bits per heavy atom.